The molecule has 1 amide bonds. The molecule has 0 radical (unpaired) electrons. The Morgan fingerprint density at radius 3 is 2.91 bits per heavy atom. The predicted octanol–water partition coefficient (Wildman–Crippen LogP) is 2.68. The van der Waals surface area contributed by atoms with Gasteiger partial charge in [0.1, 0.15) is 4.83 Å². The fourth-order valence-corrected chi connectivity index (χ4v) is 5.35. The second kappa shape index (κ2) is 6.28. The van der Waals surface area contributed by atoms with E-state index >= 15 is 0 Å². The summed E-state index contributed by atoms with van der Waals surface area (Å²) in [4.78, 5) is 35.6. The third-order valence-electron chi connectivity index (χ3n) is 4.22. The third kappa shape index (κ3) is 3.17. The lowest BCUT2D eigenvalue weighted by molar-refractivity contribution is -0.127. The van der Waals surface area contributed by atoms with Gasteiger partial charge in [-0.15, -0.1) is 11.3 Å². The number of hydrogen-bond acceptors (Lipinski definition) is 5. The first kappa shape index (κ1) is 16.5. The summed E-state index contributed by atoms with van der Waals surface area (Å²) < 4.78 is 0. The van der Waals surface area contributed by atoms with Gasteiger partial charge in [-0.25, -0.2) is 4.98 Å². The van der Waals surface area contributed by atoms with E-state index in [0.29, 0.717) is 11.1 Å². The first-order valence-corrected chi connectivity index (χ1v) is 9.48. The Hall–Kier alpha value is -1.34. The highest BCUT2D eigenvalue weighted by Gasteiger charge is 2.24. The van der Waals surface area contributed by atoms with E-state index in [1.54, 1.807) is 30.3 Å². The molecule has 1 N–H and O–H groups in total. The molecular formula is C16H21N3O2S2. The van der Waals surface area contributed by atoms with Gasteiger partial charge in [0.15, 0.2) is 5.16 Å². The summed E-state index contributed by atoms with van der Waals surface area (Å²) in [5.41, 5.74) is 1.11. The van der Waals surface area contributed by atoms with Crippen molar-refractivity contribution in [3.63, 3.8) is 0 Å². The zero-order chi connectivity index (χ0) is 16.7. The molecule has 0 bridgehead atoms. The zero-order valence-electron chi connectivity index (χ0n) is 13.8. The summed E-state index contributed by atoms with van der Waals surface area (Å²) in [6.45, 7) is 4.08. The van der Waals surface area contributed by atoms with Crippen LogP contribution in [0.3, 0.4) is 0 Å². The van der Waals surface area contributed by atoms with E-state index < -0.39 is 0 Å². The lowest BCUT2D eigenvalue weighted by Gasteiger charge is -2.17. The lowest BCUT2D eigenvalue weighted by Crippen LogP contribution is -2.30. The van der Waals surface area contributed by atoms with E-state index in [-0.39, 0.29) is 16.7 Å². The van der Waals surface area contributed by atoms with Crippen molar-refractivity contribution in [2.45, 2.75) is 43.5 Å². The number of rotatable bonds is 3. The van der Waals surface area contributed by atoms with Gasteiger partial charge >= 0.3 is 0 Å². The summed E-state index contributed by atoms with van der Waals surface area (Å²) in [5, 5.41) is 1.00. The van der Waals surface area contributed by atoms with Crippen LogP contribution in [0.5, 0.6) is 0 Å². The fourth-order valence-electron chi connectivity index (χ4n) is 2.97. The van der Waals surface area contributed by atoms with Gasteiger partial charge in [0.2, 0.25) is 5.91 Å². The molecule has 0 aliphatic heterocycles. The standard InChI is InChI=1S/C16H21N3O2S2/c1-8-5-6-10-11(7-8)23-14-12(10)13(20)17-16(18-14)22-9(2)15(21)19(3)4/h8-9H,5-7H2,1-4H3,(H,17,18,20)/t8-,9+/m0/s1. The Morgan fingerprint density at radius 1 is 1.48 bits per heavy atom. The van der Waals surface area contributed by atoms with Crippen LogP contribution in [0, 0.1) is 5.92 Å². The first-order valence-electron chi connectivity index (χ1n) is 7.79. The first-order chi connectivity index (χ1) is 10.9. The number of amides is 1. The minimum atomic E-state index is -0.278. The van der Waals surface area contributed by atoms with E-state index in [2.05, 4.69) is 16.9 Å². The molecule has 0 saturated carbocycles. The topological polar surface area (TPSA) is 66.1 Å². The van der Waals surface area contributed by atoms with Crippen molar-refractivity contribution in [3.8, 4) is 0 Å². The van der Waals surface area contributed by atoms with Crippen LogP contribution in [-0.2, 0) is 17.6 Å². The van der Waals surface area contributed by atoms with Crippen molar-refractivity contribution < 1.29 is 4.79 Å². The molecule has 23 heavy (non-hydrogen) atoms. The number of aromatic nitrogens is 2. The van der Waals surface area contributed by atoms with Crippen LogP contribution in [0.25, 0.3) is 10.2 Å². The largest absolute Gasteiger partial charge is 0.348 e. The van der Waals surface area contributed by atoms with Gasteiger partial charge in [-0.2, -0.15) is 0 Å². The van der Waals surface area contributed by atoms with Crippen molar-refractivity contribution in [3.05, 3.63) is 20.8 Å². The number of hydrogen-bond donors (Lipinski definition) is 1. The Labute approximate surface area is 143 Å². The molecular weight excluding hydrogens is 330 g/mol. The van der Waals surface area contributed by atoms with Crippen LogP contribution in [0.2, 0.25) is 0 Å². The minimum Gasteiger partial charge on any atom is -0.348 e. The maximum Gasteiger partial charge on any atom is 0.260 e. The van der Waals surface area contributed by atoms with Crippen LogP contribution >= 0.6 is 23.1 Å². The maximum absolute atomic E-state index is 12.5. The highest BCUT2D eigenvalue weighted by Crippen LogP contribution is 2.36. The van der Waals surface area contributed by atoms with Crippen molar-refractivity contribution in [2.24, 2.45) is 5.92 Å². The number of nitrogens with one attached hydrogen (secondary N) is 1. The van der Waals surface area contributed by atoms with Gasteiger partial charge in [-0.3, -0.25) is 9.59 Å². The molecule has 2 heterocycles. The van der Waals surface area contributed by atoms with Gasteiger partial charge in [-0.1, -0.05) is 18.7 Å². The molecule has 2 aromatic heterocycles. The minimum absolute atomic E-state index is 0.0112. The highest BCUT2D eigenvalue weighted by atomic mass is 32.2. The van der Waals surface area contributed by atoms with Crippen molar-refractivity contribution in [1.82, 2.24) is 14.9 Å². The average molecular weight is 351 g/mol. The zero-order valence-corrected chi connectivity index (χ0v) is 15.4. The van der Waals surface area contributed by atoms with Crippen LogP contribution in [0.15, 0.2) is 9.95 Å². The molecule has 0 saturated heterocycles. The molecule has 3 rings (SSSR count). The Kier molecular flexibility index (Phi) is 4.51. The van der Waals surface area contributed by atoms with E-state index in [9.17, 15) is 9.59 Å². The average Bonchev–Trinajstić information content (AvgIpc) is 2.83. The van der Waals surface area contributed by atoms with E-state index in [1.807, 2.05) is 6.92 Å². The van der Waals surface area contributed by atoms with Crippen LogP contribution in [0.4, 0.5) is 0 Å². The summed E-state index contributed by atoms with van der Waals surface area (Å²) in [6.07, 6.45) is 3.13. The van der Waals surface area contributed by atoms with Gasteiger partial charge in [-0.05, 0) is 37.7 Å². The number of nitrogens with zero attached hydrogens (tertiary/aromatic N) is 2. The second-order valence-electron chi connectivity index (χ2n) is 6.40. The van der Waals surface area contributed by atoms with Gasteiger partial charge < -0.3 is 9.88 Å². The number of carbonyl (C=O) groups excluding carboxylic acids is 1. The van der Waals surface area contributed by atoms with Crippen LogP contribution in [0.1, 0.15) is 30.7 Å². The third-order valence-corrected chi connectivity index (χ3v) is 6.34. The summed E-state index contributed by atoms with van der Waals surface area (Å²) in [7, 11) is 3.46. The van der Waals surface area contributed by atoms with E-state index in [1.165, 1.54) is 22.2 Å². The molecule has 0 spiro atoms. The maximum atomic E-state index is 12.5. The van der Waals surface area contributed by atoms with E-state index in [0.717, 1.165) is 29.5 Å². The molecule has 1 aliphatic rings. The molecule has 5 nitrogen and oxygen atoms in total. The smallest absolute Gasteiger partial charge is 0.260 e. The number of H-pyrrole nitrogens is 1. The molecule has 0 unspecified atom stereocenters. The highest BCUT2D eigenvalue weighted by molar-refractivity contribution is 8.00. The number of fused-ring (bicyclic) bond motifs is 3. The van der Waals surface area contributed by atoms with Gasteiger partial charge in [0.05, 0.1) is 10.6 Å². The SMILES string of the molecule is C[C@H]1CCc2c(sc3nc(S[C@H](C)C(=O)N(C)C)[nH]c(=O)c23)C1. The monoisotopic (exact) mass is 351 g/mol. The van der Waals surface area contributed by atoms with Gasteiger partial charge in [0, 0.05) is 19.0 Å². The number of thioether (sulfide) groups is 1. The number of carbonyl (C=O) groups is 1. The Morgan fingerprint density at radius 2 is 2.22 bits per heavy atom. The molecule has 2 atom stereocenters. The lowest BCUT2D eigenvalue weighted by atomic mass is 9.89. The van der Waals surface area contributed by atoms with Gasteiger partial charge in [0.25, 0.3) is 5.56 Å². The molecule has 1 aliphatic carbocycles. The number of aryl methyl sites for hydroxylation is 1. The van der Waals surface area contributed by atoms with Crippen molar-refractivity contribution in [2.75, 3.05) is 14.1 Å². The summed E-state index contributed by atoms with van der Waals surface area (Å²) >= 11 is 2.94. The molecule has 7 heteroatoms. The van der Waals surface area contributed by atoms with Crippen molar-refractivity contribution >= 4 is 39.2 Å². The normalized spacial score (nSPS) is 18.7. The quantitative estimate of drug-likeness (QED) is 0.682. The second-order valence-corrected chi connectivity index (χ2v) is 8.81. The molecule has 124 valence electrons. The summed E-state index contributed by atoms with van der Waals surface area (Å²) in [5.74, 6) is 0.679. The molecule has 0 fully saturated rings. The van der Waals surface area contributed by atoms with Crippen molar-refractivity contribution in [1.29, 1.82) is 0 Å². The predicted molar refractivity (Wildman–Crippen MR) is 95.4 cm³/mol. The Bertz CT molecular complexity index is 809. The number of thiophene rings is 1. The molecule has 0 aromatic carbocycles. The van der Waals surface area contributed by atoms with Crippen LogP contribution in [-0.4, -0.2) is 40.1 Å². The van der Waals surface area contributed by atoms with Crippen LogP contribution < -0.4 is 5.56 Å². The Balaban J connectivity index is 1.96. The number of aromatic amines is 1. The fraction of sp³-hybridized carbons (Fsp3) is 0.562. The van der Waals surface area contributed by atoms with E-state index in [4.69, 9.17) is 0 Å². The molecule has 2 aromatic rings. The summed E-state index contributed by atoms with van der Waals surface area (Å²) in [6, 6.07) is 0.